The predicted octanol–water partition coefficient (Wildman–Crippen LogP) is 3.57. The predicted molar refractivity (Wildman–Crippen MR) is 118 cm³/mol. The number of sulfone groups is 1. The summed E-state index contributed by atoms with van der Waals surface area (Å²) >= 11 is 0. The molecular weight excluding hydrogens is 400 g/mol. The molecule has 2 N–H and O–H groups in total. The third kappa shape index (κ3) is 4.20. The molecule has 160 valence electrons. The molecule has 0 saturated heterocycles. The average molecular weight is 429 g/mol. The molecule has 1 aromatic carbocycles. The Balaban J connectivity index is 1.56. The van der Waals surface area contributed by atoms with E-state index in [0.29, 0.717) is 28.0 Å². The van der Waals surface area contributed by atoms with Gasteiger partial charge in [-0.15, -0.1) is 0 Å². The van der Waals surface area contributed by atoms with E-state index in [1.54, 1.807) is 24.4 Å². The Hall–Kier alpha value is -2.45. The summed E-state index contributed by atoms with van der Waals surface area (Å²) in [5.41, 5.74) is 0.148. The monoisotopic (exact) mass is 428 g/mol. The lowest BCUT2D eigenvalue weighted by atomic mass is 9.77. The van der Waals surface area contributed by atoms with Gasteiger partial charge in [-0.1, -0.05) is 6.07 Å². The third-order valence-corrected chi connectivity index (χ3v) is 7.19. The molecule has 1 aliphatic rings. The maximum atomic E-state index is 12.1. The smallest absolute Gasteiger partial charge is 0.224 e. The van der Waals surface area contributed by atoms with Crippen LogP contribution in [0.4, 0.5) is 5.95 Å². The Labute approximate surface area is 177 Å². The average Bonchev–Trinajstić information content (AvgIpc) is 3.11. The van der Waals surface area contributed by atoms with E-state index in [1.165, 1.54) is 6.26 Å². The molecule has 0 spiro atoms. The number of fused-ring (bicyclic) bond motifs is 1. The normalized spacial score (nSPS) is 20.4. The van der Waals surface area contributed by atoms with Crippen molar-refractivity contribution >= 4 is 26.7 Å². The van der Waals surface area contributed by atoms with Crippen LogP contribution in [-0.4, -0.2) is 46.0 Å². The number of hydrogen-bond donors (Lipinski definition) is 2. The Bertz CT molecular complexity index is 1160. The molecule has 0 aliphatic heterocycles. The summed E-state index contributed by atoms with van der Waals surface area (Å²) in [6.07, 6.45) is 8.63. The lowest BCUT2D eigenvalue weighted by molar-refractivity contribution is -0.000415. The van der Waals surface area contributed by atoms with Gasteiger partial charge in [0.2, 0.25) is 5.95 Å². The highest BCUT2D eigenvalue weighted by Crippen LogP contribution is 2.33. The van der Waals surface area contributed by atoms with E-state index < -0.39 is 15.4 Å². The number of nitrogens with zero attached hydrogens (tertiary/aromatic N) is 3. The molecule has 1 fully saturated rings. The Kier molecular flexibility index (Phi) is 5.32. The molecule has 30 heavy (non-hydrogen) atoms. The highest BCUT2D eigenvalue weighted by atomic mass is 32.2. The molecule has 0 unspecified atom stereocenters. The molecule has 0 amide bonds. The zero-order valence-electron chi connectivity index (χ0n) is 17.5. The van der Waals surface area contributed by atoms with Gasteiger partial charge in [0.1, 0.15) is 5.82 Å². The van der Waals surface area contributed by atoms with Gasteiger partial charge < -0.3 is 15.0 Å². The summed E-state index contributed by atoms with van der Waals surface area (Å²) in [5.74, 6) is 1.55. The van der Waals surface area contributed by atoms with Gasteiger partial charge in [0.25, 0.3) is 0 Å². The third-order valence-electron chi connectivity index (χ3n) is 6.04. The van der Waals surface area contributed by atoms with E-state index in [9.17, 15) is 13.5 Å². The minimum absolute atomic E-state index is 0.275. The first-order chi connectivity index (χ1) is 14.1. The van der Waals surface area contributed by atoms with Crippen LogP contribution in [0.15, 0.2) is 47.6 Å². The second-order valence-corrected chi connectivity index (χ2v) is 10.7. The van der Waals surface area contributed by atoms with E-state index in [-0.39, 0.29) is 6.04 Å². The fourth-order valence-corrected chi connectivity index (χ4v) is 5.24. The van der Waals surface area contributed by atoms with Crippen molar-refractivity contribution in [2.24, 2.45) is 5.92 Å². The van der Waals surface area contributed by atoms with Crippen molar-refractivity contribution in [2.75, 3.05) is 11.6 Å². The van der Waals surface area contributed by atoms with E-state index in [4.69, 9.17) is 0 Å². The van der Waals surface area contributed by atoms with Gasteiger partial charge in [0.15, 0.2) is 9.84 Å². The summed E-state index contributed by atoms with van der Waals surface area (Å²) < 4.78 is 26.1. The van der Waals surface area contributed by atoms with Crippen molar-refractivity contribution in [1.29, 1.82) is 0 Å². The fraction of sp³-hybridized carbons (Fsp3) is 0.455. The largest absolute Gasteiger partial charge is 0.390 e. The summed E-state index contributed by atoms with van der Waals surface area (Å²) in [7, 11) is -3.32. The van der Waals surface area contributed by atoms with Crippen LogP contribution in [0.2, 0.25) is 0 Å². The lowest BCUT2D eigenvalue weighted by Crippen LogP contribution is -2.37. The van der Waals surface area contributed by atoms with Gasteiger partial charge in [-0.2, -0.15) is 4.98 Å². The van der Waals surface area contributed by atoms with Gasteiger partial charge in [-0.3, -0.25) is 0 Å². The molecule has 1 aliphatic carbocycles. The molecule has 0 bridgehead atoms. The SMILES string of the molecule is CC(C)(O)C1CCC(Nc2nccc(-n3ccc4c(S(C)(=O)=O)cccc43)n2)CC1. The van der Waals surface area contributed by atoms with Crippen molar-refractivity contribution in [3.8, 4) is 5.82 Å². The summed E-state index contributed by atoms with van der Waals surface area (Å²) in [5, 5.41) is 14.3. The topological polar surface area (TPSA) is 97.1 Å². The number of aromatic nitrogens is 3. The van der Waals surface area contributed by atoms with Gasteiger partial charge in [0.05, 0.1) is 16.0 Å². The summed E-state index contributed by atoms with van der Waals surface area (Å²) in [6.45, 7) is 3.77. The molecule has 4 rings (SSSR count). The molecule has 2 heterocycles. The number of nitrogens with one attached hydrogen (secondary N) is 1. The van der Waals surface area contributed by atoms with Crippen molar-refractivity contribution in [1.82, 2.24) is 14.5 Å². The van der Waals surface area contributed by atoms with Crippen LogP contribution >= 0.6 is 0 Å². The minimum atomic E-state index is -3.32. The molecular formula is C22H28N4O3S. The zero-order chi connectivity index (χ0) is 21.5. The van der Waals surface area contributed by atoms with E-state index >= 15 is 0 Å². The number of benzene rings is 1. The van der Waals surface area contributed by atoms with Crippen molar-refractivity contribution < 1.29 is 13.5 Å². The Morgan fingerprint density at radius 2 is 1.87 bits per heavy atom. The van der Waals surface area contributed by atoms with E-state index in [2.05, 4.69) is 15.3 Å². The second-order valence-electron chi connectivity index (χ2n) is 8.73. The molecule has 0 atom stereocenters. The lowest BCUT2D eigenvalue weighted by Gasteiger charge is -2.36. The van der Waals surface area contributed by atoms with Crippen LogP contribution in [0.1, 0.15) is 39.5 Å². The number of anilines is 1. The standard InChI is InChI=1S/C22H28N4O3S/c1-22(2,27)15-7-9-16(10-8-15)24-21-23-13-11-20(25-21)26-14-12-17-18(26)5-4-6-19(17)30(3,28)29/h4-6,11-16,27H,7-10H2,1-3H3,(H,23,24,25). The highest BCUT2D eigenvalue weighted by molar-refractivity contribution is 7.91. The molecule has 0 radical (unpaired) electrons. The maximum absolute atomic E-state index is 12.1. The molecule has 1 saturated carbocycles. The van der Waals surface area contributed by atoms with E-state index in [1.807, 2.05) is 36.7 Å². The first-order valence-electron chi connectivity index (χ1n) is 10.3. The molecule has 3 aromatic rings. The van der Waals surface area contributed by atoms with Crippen molar-refractivity contribution in [2.45, 2.75) is 56.1 Å². The van der Waals surface area contributed by atoms with Crippen LogP contribution in [-0.2, 0) is 9.84 Å². The summed E-state index contributed by atoms with van der Waals surface area (Å²) in [4.78, 5) is 9.34. The van der Waals surface area contributed by atoms with E-state index in [0.717, 1.165) is 31.2 Å². The van der Waals surface area contributed by atoms with Crippen LogP contribution in [0.3, 0.4) is 0 Å². The first kappa shape index (κ1) is 20.8. The molecule has 8 heteroatoms. The quantitative estimate of drug-likeness (QED) is 0.645. The Morgan fingerprint density at radius 1 is 1.13 bits per heavy atom. The van der Waals surface area contributed by atoms with Crippen LogP contribution in [0, 0.1) is 5.92 Å². The van der Waals surface area contributed by atoms with Crippen LogP contribution < -0.4 is 5.32 Å². The molecule has 7 nitrogen and oxygen atoms in total. The van der Waals surface area contributed by atoms with Crippen LogP contribution in [0.5, 0.6) is 0 Å². The van der Waals surface area contributed by atoms with Gasteiger partial charge in [0, 0.05) is 30.1 Å². The Morgan fingerprint density at radius 3 is 2.53 bits per heavy atom. The number of rotatable bonds is 5. The minimum Gasteiger partial charge on any atom is -0.390 e. The van der Waals surface area contributed by atoms with Gasteiger partial charge in [-0.25, -0.2) is 13.4 Å². The second kappa shape index (κ2) is 7.67. The first-order valence-corrected chi connectivity index (χ1v) is 12.1. The number of hydrogen-bond acceptors (Lipinski definition) is 6. The van der Waals surface area contributed by atoms with Gasteiger partial charge >= 0.3 is 0 Å². The summed E-state index contributed by atoms with van der Waals surface area (Å²) in [6, 6.07) is 9.14. The maximum Gasteiger partial charge on any atom is 0.224 e. The highest BCUT2D eigenvalue weighted by Gasteiger charge is 2.31. The van der Waals surface area contributed by atoms with Gasteiger partial charge in [-0.05, 0) is 69.7 Å². The molecule has 2 aromatic heterocycles. The van der Waals surface area contributed by atoms with Crippen molar-refractivity contribution in [3.05, 3.63) is 42.7 Å². The van der Waals surface area contributed by atoms with Crippen molar-refractivity contribution in [3.63, 3.8) is 0 Å². The fourth-order valence-electron chi connectivity index (χ4n) is 4.34. The van der Waals surface area contributed by atoms with Crippen LogP contribution in [0.25, 0.3) is 16.7 Å². The number of aliphatic hydroxyl groups is 1. The zero-order valence-corrected chi connectivity index (χ0v) is 18.4.